The molecule has 0 fully saturated rings. The molecule has 8 nitrogen and oxygen atoms in total. The van der Waals surface area contributed by atoms with Crippen LogP contribution in [-0.2, 0) is 0 Å². The number of halogens is 1. The Morgan fingerprint density at radius 1 is 1.37 bits per heavy atom. The monoisotopic (exact) mass is 381 g/mol. The van der Waals surface area contributed by atoms with E-state index < -0.39 is 11.5 Å². The van der Waals surface area contributed by atoms with Gasteiger partial charge >= 0.3 is 0 Å². The first kappa shape index (κ1) is 18.1. The van der Waals surface area contributed by atoms with E-state index in [9.17, 15) is 14.9 Å². The van der Waals surface area contributed by atoms with Crippen LogP contribution in [0.1, 0.15) is 27.4 Å². The lowest BCUT2D eigenvalue weighted by molar-refractivity contribution is 0.0947. The quantitative estimate of drug-likeness (QED) is 0.550. The van der Waals surface area contributed by atoms with Crippen molar-refractivity contribution < 1.29 is 9.21 Å². The van der Waals surface area contributed by atoms with Gasteiger partial charge in [-0.15, -0.1) is 0 Å². The van der Waals surface area contributed by atoms with Crippen molar-refractivity contribution in [2.75, 3.05) is 0 Å². The van der Waals surface area contributed by atoms with Gasteiger partial charge in [0.05, 0.1) is 18.2 Å². The van der Waals surface area contributed by atoms with E-state index in [2.05, 4.69) is 15.6 Å². The molecule has 9 heteroatoms. The summed E-state index contributed by atoms with van der Waals surface area (Å²) in [5.41, 5.74) is 1.92. The highest BCUT2D eigenvalue weighted by Crippen LogP contribution is 2.13. The van der Waals surface area contributed by atoms with Gasteiger partial charge in [0.25, 0.3) is 11.5 Å². The standard InChI is InChI=1S/C18H12ClN5O3/c1-11-15(9-20)18(26)24(13-6-4-12(19)5-7-13)23-16(11)17(25)22-21-10-14-3-2-8-27-14/h2-8,10H,1H3,(H,22,25)/b21-10+. The first-order chi connectivity index (χ1) is 13.0. The number of rotatable bonds is 4. The minimum absolute atomic E-state index is 0.0994. The minimum atomic E-state index is -0.672. The number of carbonyl (C=O) groups is 1. The number of hydrogen-bond donors (Lipinski definition) is 1. The van der Waals surface area contributed by atoms with Gasteiger partial charge in [0.1, 0.15) is 17.4 Å². The highest BCUT2D eigenvalue weighted by Gasteiger charge is 2.20. The molecule has 134 valence electrons. The Kier molecular flexibility index (Phi) is 5.15. The molecule has 0 spiro atoms. The second-order valence-corrected chi connectivity index (χ2v) is 5.80. The molecule has 1 N–H and O–H groups in total. The number of hydrazone groups is 1. The normalized spacial score (nSPS) is 10.7. The number of furan rings is 1. The number of carbonyl (C=O) groups excluding carboxylic acids is 1. The van der Waals surface area contributed by atoms with Crippen molar-refractivity contribution in [3.63, 3.8) is 0 Å². The van der Waals surface area contributed by atoms with Crippen molar-refractivity contribution in [3.8, 4) is 11.8 Å². The molecule has 0 radical (unpaired) electrons. The fraction of sp³-hybridized carbons (Fsp3) is 0.0556. The summed E-state index contributed by atoms with van der Waals surface area (Å²) in [6.07, 6.45) is 2.78. The third-order valence-electron chi connectivity index (χ3n) is 3.64. The molecule has 0 unspecified atom stereocenters. The van der Waals surface area contributed by atoms with Crippen LogP contribution in [0.4, 0.5) is 0 Å². The van der Waals surface area contributed by atoms with Crippen molar-refractivity contribution in [1.29, 1.82) is 5.26 Å². The Labute approximate surface area is 158 Å². The lowest BCUT2D eigenvalue weighted by Gasteiger charge is -2.10. The molecular formula is C18H12ClN5O3. The average Bonchev–Trinajstić information content (AvgIpc) is 3.17. The Morgan fingerprint density at radius 2 is 2.11 bits per heavy atom. The molecule has 27 heavy (non-hydrogen) atoms. The van der Waals surface area contributed by atoms with E-state index in [0.29, 0.717) is 16.5 Å². The van der Waals surface area contributed by atoms with E-state index in [0.717, 1.165) is 4.68 Å². The second-order valence-electron chi connectivity index (χ2n) is 5.37. The van der Waals surface area contributed by atoms with Crippen molar-refractivity contribution in [3.05, 3.63) is 80.6 Å². The SMILES string of the molecule is Cc1c(C(=O)N/N=C/c2ccco2)nn(-c2ccc(Cl)cc2)c(=O)c1C#N. The summed E-state index contributed by atoms with van der Waals surface area (Å²) in [5.74, 6) is -0.224. The molecule has 0 aliphatic heterocycles. The zero-order valence-electron chi connectivity index (χ0n) is 14.0. The van der Waals surface area contributed by atoms with E-state index in [-0.39, 0.29) is 16.8 Å². The van der Waals surface area contributed by atoms with Crippen LogP contribution in [0, 0.1) is 18.3 Å². The van der Waals surface area contributed by atoms with Crippen LogP contribution in [0.25, 0.3) is 5.69 Å². The number of nitrogens with one attached hydrogen (secondary N) is 1. The fourth-order valence-electron chi connectivity index (χ4n) is 2.28. The Bertz CT molecular complexity index is 1110. The summed E-state index contributed by atoms with van der Waals surface area (Å²) < 4.78 is 6.05. The van der Waals surface area contributed by atoms with Crippen LogP contribution < -0.4 is 11.0 Å². The highest BCUT2D eigenvalue weighted by atomic mass is 35.5. The maximum atomic E-state index is 12.5. The molecular weight excluding hydrogens is 370 g/mol. The molecule has 0 saturated carbocycles. The van der Waals surface area contributed by atoms with E-state index in [1.807, 2.05) is 6.07 Å². The molecule has 2 heterocycles. The van der Waals surface area contributed by atoms with Crippen molar-refractivity contribution >= 4 is 23.7 Å². The van der Waals surface area contributed by atoms with Crippen molar-refractivity contribution in [2.24, 2.45) is 5.10 Å². The summed E-state index contributed by atoms with van der Waals surface area (Å²) in [5, 5.41) is 17.7. The minimum Gasteiger partial charge on any atom is -0.463 e. The smallest absolute Gasteiger partial charge is 0.292 e. The van der Waals surface area contributed by atoms with Gasteiger partial charge in [-0.25, -0.2) is 5.43 Å². The van der Waals surface area contributed by atoms with Gasteiger partial charge in [0.15, 0.2) is 5.69 Å². The van der Waals surface area contributed by atoms with E-state index in [4.69, 9.17) is 16.0 Å². The number of aromatic nitrogens is 2. The zero-order valence-corrected chi connectivity index (χ0v) is 14.8. The summed E-state index contributed by atoms with van der Waals surface area (Å²) in [4.78, 5) is 25.0. The third kappa shape index (κ3) is 3.78. The largest absolute Gasteiger partial charge is 0.463 e. The molecule has 2 aromatic heterocycles. The van der Waals surface area contributed by atoms with Crippen LogP contribution in [0.5, 0.6) is 0 Å². The van der Waals surface area contributed by atoms with Crippen LogP contribution in [0.3, 0.4) is 0 Å². The first-order valence-corrected chi connectivity index (χ1v) is 8.06. The van der Waals surface area contributed by atoms with Crippen molar-refractivity contribution in [1.82, 2.24) is 15.2 Å². The predicted octanol–water partition coefficient (Wildman–Crippen LogP) is 2.42. The van der Waals surface area contributed by atoms with Gasteiger partial charge in [-0.05, 0) is 43.3 Å². The molecule has 1 amide bonds. The van der Waals surface area contributed by atoms with Crippen LogP contribution in [0.2, 0.25) is 5.02 Å². The molecule has 3 rings (SSSR count). The lowest BCUT2D eigenvalue weighted by Crippen LogP contribution is -2.31. The molecule has 0 aliphatic rings. The molecule has 0 bridgehead atoms. The number of hydrogen-bond acceptors (Lipinski definition) is 6. The molecule has 0 saturated heterocycles. The molecule has 3 aromatic rings. The van der Waals surface area contributed by atoms with Gasteiger partial charge in [-0.2, -0.15) is 20.1 Å². The average molecular weight is 382 g/mol. The summed E-state index contributed by atoms with van der Waals surface area (Å²) >= 11 is 5.86. The topological polar surface area (TPSA) is 113 Å². The van der Waals surface area contributed by atoms with Gasteiger partial charge < -0.3 is 4.42 Å². The van der Waals surface area contributed by atoms with Crippen LogP contribution >= 0.6 is 11.6 Å². The Hall–Kier alpha value is -3.70. The Morgan fingerprint density at radius 3 is 2.74 bits per heavy atom. The van der Waals surface area contributed by atoms with E-state index >= 15 is 0 Å². The van der Waals surface area contributed by atoms with Crippen molar-refractivity contribution in [2.45, 2.75) is 6.92 Å². The second kappa shape index (κ2) is 7.68. The van der Waals surface area contributed by atoms with Crippen LogP contribution in [-0.4, -0.2) is 21.9 Å². The Balaban J connectivity index is 2.00. The van der Waals surface area contributed by atoms with E-state index in [1.54, 1.807) is 36.4 Å². The van der Waals surface area contributed by atoms with Crippen LogP contribution in [0.15, 0.2) is 57.0 Å². The first-order valence-electron chi connectivity index (χ1n) is 7.68. The zero-order chi connectivity index (χ0) is 19.4. The lowest BCUT2D eigenvalue weighted by atomic mass is 10.1. The van der Waals surface area contributed by atoms with Gasteiger partial charge in [-0.1, -0.05) is 11.6 Å². The summed E-state index contributed by atoms with van der Waals surface area (Å²) in [7, 11) is 0. The maximum absolute atomic E-state index is 12.5. The third-order valence-corrected chi connectivity index (χ3v) is 3.89. The number of amides is 1. The predicted molar refractivity (Wildman–Crippen MR) is 98.1 cm³/mol. The van der Waals surface area contributed by atoms with E-state index in [1.165, 1.54) is 19.4 Å². The molecule has 0 aliphatic carbocycles. The highest BCUT2D eigenvalue weighted by molar-refractivity contribution is 6.30. The fourth-order valence-corrected chi connectivity index (χ4v) is 2.41. The summed E-state index contributed by atoms with van der Waals surface area (Å²) in [6, 6.07) is 11.4. The number of benzene rings is 1. The van der Waals surface area contributed by atoms with Gasteiger partial charge in [-0.3, -0.25) is 9.59 Å². The van der Waals surface area contributed by atoms with Gasteiger partial charge in [0.2, 0.25) is 0 Å². The summed E-state index contributed by atoms with van der Waals surface area (Å²) in [6.45, 7) is 1.48. The van der Waals surface area contributed by atoms with Gasteiger partial charge in [0, 0.05) is 10.6 Å². The number of nitriles is 1. The number of nitrogens with zero attached hydrogens (tertiary/aromatic N) is 4. The maximum Gasteiger partial charge on any atom is 0.292 e. The molecule has 0 atom stereocenters. The molecule has 1 aromatic carbocycles.